The van der Waals surface area contributed by atoms with Gasteiger partial charge in [0.25, 0.3) is 0 Å². The summed E-state index contributed by atoms with van der Waals surface area (Å²) >= 11 is 0. The number of anilines is 1. The molecular weight excluding hydrogens is 202 g/mol. The van der Waals surface area contributed by atoms with Crippen LogP contribution in [0.2, 0.25) is 0 Å². The fourth-order valence-electron chi connectivity index (χ4n) is 2.35. The van der Waals surface area contributed by atoms with E-state index in [-0.39, 0.29) is 6.10 Å². The summed E-state index contributed by atoms with van der Waals surface area (Å²) in [6, 6.07) is 5.80. The lowest BCUT2D eigenvalue weighted by atomic mass is 9.82. The minimum absolute atomic E-state index is 0.0876. The van der Waals surface area contributed by atoms with E-state index in [1.54, 1.807) is 0 Å². The molecule has 0 unspecified atom stereocenters. The van der Waals surface area contributed by atoms with Crippen LogP contribution in [0.1, 0.15) is 12.8 Å². The van der Waals surface area contributed by atoms with Gasteiger partial charge in [-0.15, -0.1) is 0 Å². The van der Waals surface area contributed by atoms with E-state index in [9.17, 15) is 5.11 Å². The highest BCUT2D eigenvalue weighted by molar-refractivity contribution is 5.78. The Labute approximate surface area is 93.7 Å². The van der Waals surface area contributed by atoms with Crippen molar-refractivity contribution >= 4 is 16.7 Å². The third kappa shape index (κ3) is 1.55. The normalized spacial score (nSPS) is 24.6. The van der Waals surface area contributed by atoms with Crippen molar-refractivity contribution in [3.8, 4) is 0 Å². The first-order chi connectivity index (χ1) is 7.72. The van der Waals surface area contributed by atoms with Gasteiger partial charge in [-0.2, -0.15) is 0 Å². The van der Waals surface area contributed by atoms with Crippen LogP contribution in [0.3, 0.4) is 0 Å². The maximum Gasteiger partial charge on any atom is 0.0958 e. The minimum atomic E-state index is -0.0876. The summed E-state index contributed by atoms with van der Waals surface area (Å²) < 4.78 is 2.14. The van der Waals surface area contributed by atoms with E-state index in [1.807, 2.05) is 24.5 Å². The fraction of sp³-hybridized carbons (Fsp3) is 0.417. The van der Waals surface area contributed by atoms with Crippen molar-refractivity contribution in [1.82, 2.24) is 9.55 Å². The maximum atomic E-state index is 9.26. The van der Waals surface area contributed by atoms with Gasteiger partial charge in [-0.1, -0.05) is 0 Å². The molecule has 0 amide bonds. The highest BCUT2D eigenvalue weighted by atomic mass is 16.3. The Balaban J connectivity index is 1.87. The lowest BCUT2D eigenvalue weighted by Gasteiger charge is -2.31. The average Bonchev–Trinajstić information content (AvgIpc) is 2.58. The molecule has 4 heteroatoms. The zero-order valence-corrected chi connectivity index (χ0v) is 9.00. The number of nitrogens with zero attached hydrogens (tertiary/aromatic N) is 2. The lowest BCUT2D eigenvalue weighted by molar-refractivity contribution is 0.0357. The predicted molar refractivity (Wildman–Crippen MR) is 62.9 cm³/mol. The third-order valence-electron chi connectivity index (χ3n) is 3.31. The van der Waals surface area contributed by atoms with Gasteiger partial charge in [0.05, 0.1) is 23.5 Å². The summed E-state index contributed by atoms with van der Waals surface area (Å²) in [5, 5.41) is 9.26. The van der Waals surface area contributed by atoms with Gasteiger partial charge in [0.1, 0.15) is 0 Å². The lowest BCUT2D eigenvalue weighted by Crippen LogP contribution is -2.31. The molecule has 1 heterocycles. The van der Waals surface area contributed by atoms with Crippen LogP contribution in [0.25, 0.3) is 11.0 Å². The Bertz CT molecular complexity index is 514. The highest BCUT2D eigenvalue weighted by Crippen LogP contribution is 2.29. The monoisotopic (exact) mass is 217 g/mol. The number of imidazole rings is 1. The first-order valence-corrected chi connectivity index (χ1v) is 5.61. The zero-order valence-electron chi connectivity index (χ0n) is 9.00. The molecule has 0 aliphatic heterocycles. The molecule has 1 aromatic heterocycles. The molecule has 3 rings (SSSR count). The fourth-order valence-corrected chi connectivity index (χ4v) is 2.35. The first kappa shape index (κ1) is 9.66. The molecule has 0 saturated heterocycles. The Morgan fingerprint density at radius 2 is 2.25 bits per heavy atom. The molecule has 1 saturated carbocycles. The summed E-state index contributed by atoms with van der Waals surface area (Å²) in [6.07, 6.45) is 3.59. The van der Waals surface area contributed by atoms with Crippen molar-refractivity contribution in [2.45, 2.75) is 25.5 Å². The highest BCUT2D eigenvalue weighted by Gasteiger charge is 2.27. The van der Waals surface area contributed by atoms with Crippen LogP contribution in [0, 0.1) is 5.92 Å². The van der Waals surface area contributed by atoms with E-state index in [2.05, 4.69) is 9.55 Å². The standard InChI is InChI=1S/C12H15N3O/c13-9-1-2-12-11(5-9)14-7-15(12)6-8-3-10(16)4-8/h1-2,5,7-8,10,16H,3-4,6,13H2. The molecule has 16 heavy (non-hydrogen) atoms. The van der Waals surface area contributed by atoms with Crippen LogP contribution in [0.4, 0.5) is 5.69 Å². The van der Waals surface area contributed by atoms with Crippen molar-refractivity contribution in [3.63, 3.8) is 0 Å². The zero-order chi connectivity index (χ0) is 11.1. The van der Waals surface area contributed by atoms with Crippen molar-refractivity contribution < 1.29 is 5.11 Å². The molecule has 0 bridgehead atoms. The van der Waals surface area contributed by atoms with Crippen molar-refractivity contribution in [3.05, 3.63) is 24.5 Å². The van der Waals surface area contributed by atoms with Gasteiger partial charge >= 0.3 is 0 Å². The van der Waals surface area contributed by atoms with Crippen LogP contribution < -0.4 is 5.73 Å². The average molecular weight is 217 g/mol. The molecule has 3 N–H and O–H groups in total. The molecule has 1 fully saturated rings. The molecule has 0 atom stereocenters. The molecule has 1 aromatic carbocycles. The number of aliphatic hydroxyl groups excluding tert-OH is 1. The number of hydrogen-bond donors (Lipinski definition) is 2. The number of aliphatic hydroxyl groups is 1. The van der Waals surface area contributed by atoms with E-state index in [1.165, 1.54) is 0 Å². The number of fused-ring (bicyclic) bond motifs is 1. The molecule has 1 aliphatic carbocycles. The smallest absolute Gasteiger partial charge is 0.0958 e. The Morgan fingerprint density at radius 1 is 1.44 bits per heavy atom. The third-order valence-corrected chi connectivity index (χ3v) is 3.31. The number of nitrogen functional groups attached to an aromatic ring is 1. The van der Waals surface area contributed by atoms with Crippen LogP contribution >= 0.6 is 0 Å². The van der Waals surface area contributed by atoms with E-state index in [0.29, 0.717) is 5.92 Å². The van der Waals surface area contributed by atoms with Crippen LogP contribution in [0.5, 0.6) is 0 Å². The molecule has 0 spiro atoms. The Hall–Kier alpha value is -1.55. The summed E-state index contributed by atoms with van der Waals surface area (Å²) in [7, 11) is 0. The van der Waals surface area contributed by atoms with Gasteiger partial charge in [0.15, 0.2) is 0 Å². The van der Waals surface area contributed by atoms with Crippen molar-refractivity contribution in [1.29, 1.82) is 0 Å². The summed E-state index contributed by atoms with van der Waals surface area (Å²) in [5.41, 5.74) is 8.52. The van der Waals surface area contributed by atoms with Gasteiger partial charge in [0.2, 0.25) is 0 Å². The second-order valence-corrected chi connectivity index (χ2v) is 4.64. The van der Waals surface area contributed by atoms with E-state index in [0.717, 1.165) is 36.1 Å². The summed E-state index contributed by atoms with van der Waals surface area (Å²) in [6.45, 7) is 0.942. The maximum absolute atomic E-state index is 9.26. The number of rotatable bonds is 2. The second-order valence-electron chi connectivity index (χ2n) is 4.64. The topological polar surface area (TPSA) is 64.1 Å². The van der Waals surface area contributed by atoms with Gasteiger partial charge < -0.3 is 15.4 Å². The number of benzene rings is 1. The van der Waals surface area contributed by atoms with Gasteiger partial charge in [-0.3, -0.25) is 0 Å². The van der Waals surface area contributed by atoms with Crippen LogP contribution in [0.15, 0.2) is 24.5 Å². The quantitative estimate of drug-likeness (QED) is 0.747. The second kappa shape index (κ2) is 3.49. The predicted octanol–water partition coefficient (Wildman–Crippen LogP) is 1.39. The van der Waals surface area contributed by atoms with E-state index >= 15 is 0 Å². The number of nitrogens with two attached hydrogens (primary N) is 1. The van der Waals surface area contributed by atoms with Gasteiger partial charge in [-0.25, -0.2) is 4.98 Å². The van der Waals surface area contributed by atoms with Gasteiger partial charge in [0, 0.05) is 12.2 Å². The Morgan fingerprint density at radius 3 is 3.00 bits per heavy atom. The van der Waals surface area contributed by atoms with Gasteiger partial charge in [-0.05, 0) is 37.0 Å². The van der Waals surface area contributed by atoms with E-state index < -0.39 is 0 Å². The molecule has 2 aromatic rings. The molecule has 1 aliphatic rings. The SMILES string of the molecule is Nc1ccc2c(c1)ncn2CC1CC(O)C1. The molecular formula is C12H15N3O. The van der Waals surface area contributed by atoms with E-state index in [4.69, 9.17) is 5.73 Å². The van der Waals surface area contributed by atoms with Crippen LogP contribution in [-0.2, 0) is 6.54 Å². The summed E-state index contributed by atoms with van der Waals surface area (Å²) in [5.74, 6) is 0.588. The molecule has 4 nitrogen and oxygen atoms in total. The number of hydrogen-bond acceptors (Lipinski definition) is 3. The molecule has 0 radical (unpaired) electrons. The first-order valence-electron chi connectivity index (χ1n) is 5.61. The van der Waals surface area contributed by atoms with Crippen molar-refractivity contribution in [2.24, 2.45) is 5.92 Å². The Kier molecular flexibility index (Phi) is 2.11. The number of aromatic nitrogens is 2. The largest absolute Gasteiger partial charge is 0.399 e. The summed E-state index contributed by atoms with van der Waals surface area (Å²) in [4.78, 5) is 4.33. The minimum Gasteiger partial charge on any atom is -0.399 e. The van der Waals surface area contributed by atoms with Crippen LogP contribution in [-0.4, -0.2) is 20.8 Å². The molecule has 84 valence electrons. The van der Waals surface area contributed by atoms with Crippen molar-refractivity contribution in [2.75, 3.05) is 5.73 Å².